The fourth-order valence-corrected chi connectivity index (χ4v) is 6.85. The van der Waals surface area contributed by atoms with E-state index in [0.29, 0.717) is 25.0 Å². The highest BCUT2D eigenvalue weighted by molar-refractivity contribution is 5.92. The molecule has 1 aliphatic carbocycles. The van der Waals surface area contributed by atoms with Crippen LogP contribution in [-0.4, -0.2) is 83.8 Å². The molecule has 252 valence electrons. The number of ketones is 1. The van der Waals surface area contributed by atoms with Crippen LogP contribution in [0.1, 0.15) is 72.4 Å². The van der Waals surface area contributed by atoms with Crippen LogP contribution in [0.3, 0.4) is 0 Å². The van der Waals surface area contributed by atoms with Crippen LogP contribution in [-0.2, 0) is 25.0 Å². The van der Waals surface area contributed by atoms with Crippen LogP contribution in [0.4, 0.5) is 13.6 Å². The highest BCUT2D eigenvalue weighted by Crippen LogP contribution is 2.40. The van der Waals surface area contributed by atoms with Gasteiger partial charge in [0.25, 0.3) is 5.92 Å². The summed E-state index contributed by atoms with van der Waals surface area (Å²) in [6.45, 7) is 8.45. The van der Waals surface area contributed by atoms with Crippen molar-refractivity contribution in [3.8, 4) is 11.6 Å². The van der Waals surface area contributed by atoms with Gasteiger partial charge >= 0.3 is 6.09 Å². The molecule has 6 atom stereocenters. The minimum atomic E-state index is -3.49. The van der Waals surface area contributed by atoms with Crippen molar-refractivity contribution in [2.45, 2.75) is 96.9 Å². The molecule has 2 fully saturated rings. The highest BCUT2D eigenvalue weighted by atomic mass is 19.3. The van der Waals surface area contributed by atoms with E-state index in [9.17, 15) is 14.4 Å². The standard InChI is InChI=1S/C33H44F2N4O7/c1-7-21-25-16-39(26(21)18(2)40)30(41)28(32(3,4)5)38-31(42)46-24-10-8-9-19(24)17-44-14-13-33(34,35)27-29(45-25)37-23-15-20(43-6)11-12-22(23)36-27/h11-12,15,19,21,24-26,28H,7-10,13-14,16-17H2,1-6H3,(H,38,42)/t19-,21+,24+,25-,26+,28+/m0/s1. The number of fused-ring (bicyclic) bond motifs is 5. The first-order valence-electron chi connectivity index (χ1n) is 16.0. The minimum absolute atomic E-state index is 0.0818. The molecule has 46 heavy (non-hydrogen) atoms. The Morgan fingerprint density at radius 3 is 2.57 bits per heavy atom. The van der Waals surface area contributed by atoms with E-state index in [0.717, 1.165) is 6.42 Å². The van der Waals surface area contributed by atoms with E-state index in [1.165, 1.54) is 18.9 Å². The lowest BCUT2D eigenvalue weighted by Crippen LogP contribution is -2.57. The lowest BCUT2D eigenvalue weighted by Gasteiger charge is -2.35. The molecule has 2 bridgehead atoms. The molecule has 13 heteroatoms. The number of aromatic nitrogens is 2. The number of alkyl halides is 2. The van der Waals surface area contributed by atoms with E-state index in [1.54, 1.807) is 18.2 Å². The number of methoxy groups -OCH3 is 1. The molecule has 3 aliphatic rings. The van der Waals surface area contributed by atoms with Crippen LogP contribution in [0, 0.1) is 17.3 Å². The normalized spacial score (nSPS) is 29.1. The molecule has 1 aromatic carbocycles. The van der Waals surface area contributed by atoms with Gasteiger partial charge in [-0.05, 0) is 50.2 Å². The molecule has 0 unspecified atom stereocenters. The molecule has 1 saturated heterocycles. The summed E-state index contributed by atoms with van der Waals surface area (Å²) in [5.74, 6) is -4.88. The van der Waals surface area contributed by atoms with Crippen molar-refractivity contribution in [1.29, 1.82) is 0 Å². The van der Waals surface area contributed by atoms with Gasteiger partial charge in [0.05, 0.1) is 43.9 Å². The van der Waals surface area contributed by atoms with Crippen LogP contribution in [0.2, 0.25) is 0 Å². The first kappa shape index (κ1) is 33.7. The number of amides is 2. The van der Waals surface area contributed by atoms with Crippen molar-refractivity contribution >= 4 is 28.8 Å². The van der Waals surface area contributed by atoms with E-state index < -0.39 is 65.7 Å². The maximum atomic E-state index is 16.0. The first-order valence-corrected chi connectivity index (χ1v) is 16.0. The largest absolute Gasteiger partial charge is 0.497 e. The predicted molar refractivity (Wildman–Crippen MR) is 164 cm³/mol. The summed E-state index contributed by atoms with van der Waals surface area (Å²) in [7, 11) is 1.48. The first-order chi connectivity index (χ1) is 21.7. The Kier molecular flexibility index (Phi) is 9.72. The Bertz CT molecular complexity index is 1470. The number of nitrogens with one attached hydrogen (secondary N) is 1. The van der Waals surface area contributed by atoms with Crippen molar-refractivity contribution in [1.82, 2.24) is 20.2 Å². The van der Waals surface area contributed by atoms with Crippen LogP contribution < -0.4 is 14.8 Å². The molecule has 5 rings (SSSR count). The quantitative estimate of drug-likeness (QED) is 0.488. The smallest absolute Gasteiger partial charge is 0.408 e. The summed E-state index contributed by atoms with van der Waals surface area (Å²) >= 11 is 0. The van der Waals surface area contributed by atoms with Crippen molar-refractivity contribution in [2.24, 2.45) is 17.3 Å². The van der Waals surface area contributed by atoms with E-state index in [4.69, 9.17) is 18.9 Å². The van der Waals surface area contributed by atoms with Gasteiger partial charge in [-0.25, -0.2) is 14.8 Å². The van der Waals surface area contributed by atoms with Crippen LogP contribution in [0.15, 0.2) is 18.2 Å². The van der Waals surface area contributed by atoms with Gasteiger partial charge in [0.15, 0.2) is 11.5 Å². The second-order valence-corrected chi connectivity index (χ2v) is 13.6. The molecule has 3 heterocycles. The number of carbonyl (C=O) groups excluding carboxylic acids is 3. The lowest BCUT2D eigenvalue weighted by atomic mass is 9.85. The topological polar surface area (TPSA) is 129 Å². The van der Waals surface area contributed by atoms with Gasteiger partial charge in [-0.3, -0.25) is 9.59 Å². The lowest BCUT2D eigenvalue weighted by molar-refractivity contribution is -0.141. The van der Waals surface area contributed by atoms with Gasteiger partial charge in [0, 0.05) is 24.3 Å². The zero-order chi connectivity index (χ0) is 33.4. The van der Waals surface area contributed by atoms with Crippen molar-refractivity contribution in [2.75, 3.05) is 26.9 Å². The number of hydrogen-bond acceptors (Lipinski definition) is 9. The summed E-state index contributed by atoms with van der Waals surface area (Å²) in [4.78, 5) is 50.8. The van der Waals surface area contributed by atoms with Crippen LogP contribution >= 0.6 is 0 Å². The fraction of sp³-hybridized carbons (Fsp3) is 0.667. The number of nitrogens with zero attached hydrogens (tertiary/aromatic N) is 3. The summed E-state index contributed by atoms with van der Waals surface area (Å²) < 4.78 is 55.1. The molecule has 0 radical (unpaired) electrons. The fourth-order valence-electron chi connectivity index (χ4n) is 6.85. The summed E-state index contributed by atoms with van der Waals surface area (Å²) in [5.41, 5.74) is -0.875. The molecule has 2 amide bonds. The van der Waals surface area contributed by atoms with Gasteiger partial charge in [0.1, 0.15) is 24.0 Å². The second kappa shape index (κ2) is 13.2. The van der Waals surface area contributed by atoms with Crippen molar-refractivity contribution < 1.29 is 42.1 Å². The van der Waals surface area contributed by atoms with Gasteiger partial charge in [0.2, 0.25) is 11.8 Å². The number of hydrogen-bond donors (Lipinski definition) is 1. The third-order valence-corrected chi connectivity index (χ3v) is 9.33. The van der Waals surface area contributed by atoms with Gasteiger partial charge < -0.3 is 29.2 Å². The molecule has 1 aromatic heterocycles. The monoisotopic (exact) mass is 646 g/mol. The summed E-state index contributed by atoms with van der Waals surface area (Å²) in [6.07, 6.45) is -0.275. The predicted octanol–water partition coefficient (Wildman–Crippen LogP) is 5.03. The average molecular weight is 647 g/mol. The van der Waals surface area contributed by atoms with E-state index in [2.05, 4.69) is 15.3 Å². The Morgan fingerprint density at radius 1 is 1.13 bits per heavy atom. The molecular weight excluding hydrogens is 602 g/mol. The number of benzene rings is 1. The zero-order valence-corrected chi connectivity index (χ0v) is 27.3. The van der Waals surface area contributed by atoms with Gasteiger partial charge in [-0.15, -0.1) is 0 Å². The SMILES string of the molecule is CC[C@@H]1[C@@H]2CN(C(=O)[C@H](C(C)(C)C)NC(=O)O[C@@H]3CCC[C@H]3COCCC(F)(F)c3nc4ccc(OC)cc4nc3O2)[C@@H]1C(C)=O. The number of rotatable bonds is 3. The number of carbonyl (C=O) groups is 3. The molecule has 2 aromatic rings. The average Bonchev–Trinajstić information content (AvgIpc) is 3.59. The Morgan fingerprint density at radius 2 is 1.89 bits per heavy atom. The second-order valence-electron chi connectivity index (χ2n) is 13.6. The maximum Gasteiger partial charge on any atom is 0.408 e. The van der Waals surface area contributed by atoms with Crippen molar-refractivity contribution in [3.63, 3.8) is 0 Å². The molecule has 0 spiro atoms. The molecule has 11 nitrogen and oxygen atoms in total. The Labute approximate surface area is 267 Å². The molecule has 1 N–H and O–H groups in total. The van der Waals surface area contributed by atoms with E-state index in [-0.39, 0.29) is 48.4 Å². The Balaban J connectivity index is 1.60. The van der Waals surface area contributed by atoms with Crippen LogP contribution in [0.25, 0.3) is 11.0 Å². The highest BCUT2D eigenvalue weighted by Gasteiger charge is 2.51. The third-order valence-electron chi connectivity index (χ3n) is 9.33. The zero-order valence-electron chi connectivity index (χ0n) is 27.3. The van der Waals surface area contributed by atoms with Gasteiger partial charge in [-0.2, -0.15) is 8.78 Å². The van der Waals surface area contributed by atoms with Gasteiger partial charge in [-0.1, -0.05) is 27.7 Å². The van der Waals surface area contributed by atoms with Crippen LogP contribution in [0.5, 0.6) is 11.6 Å². The summed E-state index contributed by atoms with van der Waals surface area (Å²) in [5, 5.41) is 2.78. The van der Waals surface area contributed by atoms with E-state index in [1.807, 2.05) is 27.7 Å². The molecule has 1 saturated carbocycles. The number of alkyl carbamates (subject to hydrolysis) is 1. The number of ether oxygens (including phenoxy) is 4. The third kappa shape index (κ3) is 6.89. The number of Topliss-reactive ketones (excluding diaryl/α,β-unsaturated/α-hetero) is 1. The van der Waals surface area contributed by atoms with Crippen molar-refractivity contribution in [3.05, 3.63) is 23.9 Å². The van der Waals surface area contributed by atoms with E-state index >= 15 is 8.78 Å². The maximum absolute atomic E-state index is 16.0. The Hall–Kier alpha value is -3.61. The minimum Gasteiger partial charge on any atom is -0.497 e. The summed E-state index contributed by atoms with van der Waals surface area (Å²) in [6, 6.07) is 2.80. The number of halogens is 2. The molecule has 2 aliphatic heterocycles. The molecular formula is C33H44F2N4O7.